The molecule has 15 heavy (non-hydrogen) atoms. The molecule has 0 fully saturated rings. The van der Waals surface area contributed by atoms with E-state index in [1.54, 1.807) is 0 Å². The molecular weight excluding hydrogens is 218 g/mol. The van der Waals surface area contributed by atoms with Crippen LogP contribution in [0.15, 0.2) is 16.9 Å². The molecule has 0 bridgehead atoms. The highest BCUT2D eigenvalue weighted by Gasteiger charge is 2.12. The van der Waals surface area contributed by atoms with E-state index in [4.69, 9.17) is 11.6 Å². The molecule has 0 aromatic carbocycles. The van der Waals surface area contributed by atoms with Crippen molar-refractivity contribution in [2.24, 2.45) is 0 Å². The number of alkyl halides is 1. The maximum atomic E-state index is 11.5. The number of nitrogens with zero attached hydrogens (tertiary/aromatic N) is 1. The van der Waals surface area contributed by atoms with E-state index in [1.807, 2.05) is 6.92 Å². The molecule has 0 saturated heterocycles. The Morgan fingerprint density at radius 3 is 2.87 bits per heavy atom. The molecule has 0 aliphatic heterocycles. The summed E-state index contributed by atoms with van der Waals surface area (Å²) < 4.78 is 0. The molecule has 1 heterocycles. The Morgan fingerprint density at radius 2 is 2.40 bits per heavy atom. The molecule has 5 nitrogen and oxygen atoms in total. The van der Waals surface area contributed by atoms with Gasteiger partial charge in [0.25, 0.3) is 11.5 Å². The molecular formula is C9H12ClN3O2. The molecule has 0 saturated carbocycles. The first-order valence-corrected chi connectivity index (χ1v) is 5.13. The van der Waals surface area contributed by atoms with E-state index in [9.17, 15) is 9.59 Å². The summed E-state index contributed by atoms with van der Waals surface area (Å²) in [5.74, 6) is 0.0183. The minimum Gasteiger partial charge on any atom is -0.347 e. The summed E-state index contributed by atoms with van der Waals surface area (Å²) in [7, 11) is 0. The number of nitrogens with one attached hydrogen (secondary N) is 2. The third-order valence-corrected chi connectivity index (χ3v) is 2.30. The van der Waals surface area contributed by atoms with Crippen molar-refractivity contribution in [3.8, 4) is 0 Å². The number of amides is 1. The molecule has 6 heteroatoms. The van der Waals surface area contributed by atoms with Gasteiger partial charge < -0.3 is 5.32 Å². The van der Waals surface area contributed by atoms with Gasteiger partial charge in [-0.1, -0.05) is 6.92 Å². The van der Waals surface area contributed by atoms with E-state index in [1.165, 1.54) is 12.1 Å². The second kappa shape index (κ2) is 5.50. The summed E-state index contributed by atoms with van der Waals surface area (Å²) in [4.78, 5) is 22.2. The van der Waals surface area contributed by atoms with Crippen molar-refractivity contribution in [2.45, 2.75) is 19.4 Å². The average Bonchev–Trinajstić information content (AvgIpc) is 2.26. The molecule has 1 amide bonds. The SMILES string of the molecule is CCC(CCl)NC(=O)c1ccc(=O)[nH]n1. The zero-order chi connectivity index (χ0) is 11.3. The Balaban J connectivity index is 2.68. The molecule has 0 spiro atoms. The van der Waals surface area contributed by atoms with Gasteiger partial charge in [0.2, 0.25) is 0 Å². The van der Waals surface area contributed by atoms with Crippen LogP contribution in [-0.2, 0) is 0 Å². The Morgan fingerprint density at radius 1 is 1.67 bits per heavy atom. The molecule has 0 aliphatic carbocycles. The molecule has 0 aliphatic rings. The minimum atomic E-state index is -0.337. The predicted octanol–water partition coefficient (Wildman–Crippen LogP) is 0.517. The quantitative estimate of drug-likeness (QED) is 0.739. The van der Waals surface area contributed by atoms with Crippen LogP contribution in [0.5, 0.6) is 0 Å². The standard InChI is InChI=1S/C9H12ClN3O2/c1-2-6(5-10)11-9(15)7-3-4-8(14)13-12-7/h3-4,6H,2,5H2,1H3,(H,11,15)(H,13,14). The van der Waals surface area contributed by atoms with Gasteiger partial charge >= 0.3 is 0 Å². The Bertz CT molecular complexity index is 367. The lowest BCUT2D eigenvalue weighted by molar-refractivity contribution is 0.0933. The number of carbonyl (C=O) groups excluding carboxylic acids is 1. The maximum absolute atomic E-state index is 11.5. The lowest BCUT2D eigenvalue weighted by Gasteiger charge is -2.12. The summed E-state index contributed by atoms with van der Waals surface area (Å²) in [5.41, 5.74) is -0.158. The number of hydrogen-bond acceptors (Lipinski definition) is 3. The third kappa shape index (κ3) is 3.36. The molecule has 0 radical (unpaired) electrons. The van der Waals surface area contributed by atoms with E-state index in [-0.39, 0.29) is 23.2 Å². The molecule has 1 unspecified atom stereocenters. The number of aromatic amines is 1. The highest BCUT2D eigenvalue weighted by Crippen LogP contribution is 1.96. The molecule has 1 rings (SSSR count). The van der Waals surface area contributed by atoms with Gasteiger partial charge in [-0.2, -0.15) is 5.10 Å². The summed E-state index contributed by atoms with van der Waals surface area (Å²) in [6, 6.07) is 2.55. The fourth-order valence-corrected chi connectivity index (χ4v) is 1.28. The van der Waals surface area contributed by atoms with E-state index in [0.29, 0.717) is 5.88 Å². The van der Waals surface area contributed by atoms with E-state index in [2.05, 4.69) is 15.5 Å². The zero-order valence-electron chi connectivity index (χ0n) is 8.29. The van der Waals surface area contributed by atoms with Crippen LogP contribution in [0.3, 0.4) is 0 Å². The van der Waals surface area contributed by atoms with Crippen LogP contribution in [0.4, 0.5) is 0 Å². The lowest BCUT2D eigenvalue weighted by Crippen LogP contribution is -2.36. The Hall–Kier alpha value is -1.36. The fraction of sp³-hybridized carbons (Fsp3) is 0.444. The summed E-state index contributed by atoms with van der Waals surface area (Å²) in [6.07, 6.45) is 0.749. The van der Waals surface area contributed by atoms with Crippen LogP contribution in [0.25, 0.3) is 0 Å². The van der Waals surface area contributed by atoms with Crippen molar-refractivity contribution < 1.29 is 4.79 Å². The Labute approximate surface area is 91.8 Å². The fourth-order valence-electron chi connectivity index (χ4n) is 0.980. The first kappa shape index (κ1) is 11.7. The number of H-pyrrole nitrogens is 1. The highest BCUT2D eigenvalue weighted by molar-refractivity contribution is 6.18. The highest BCUT2D eigenvalue weighted by atomic mass is 35.5. The van der Waals surface area contributed by atoms with Crippen molar-refractivity contribution in [2.75, 3.05) is 5.88 Å². The maximum Gasteiger partial charge on any atom is 0.271 e. The average molecular weight is 230 g/mol. The molecule has 1 aromatic heterocycles. The van der Waals surface area contributed by atoms with E-state index < -0.39 is 0 Å². The lowest BCUT2D eigenvalue weighted by atomic mass is 10.2. The van der Waals surface area contributed by atoms with Gasteiger partial charge in [0.05, 0.1) is 0 Å². The van der Waals surface area contributed by atoms with Gasteiger partial charge in [-0.3, -0.25) is 9.59 Å². The molecule has 1 atom stereocenters. The van der Waals surface area contributed by atoms with Crippen molar-refractivity contribution in [3.05, 3.63) is 28.2 Å². The number of halogens is 1. The van der Waals surface area contributed by atoms with Crippen LogP contribution in [0, 0.1) is 0 Å². The van der Waals surface area contributed by atoms with Crippen LogP contribution in [0.1, 0.15) is 23.8 Å². The van der Waals surface area contributed by atoms with Crippen LogP contribution < -0.4 is 10.9 Å². The number of rotatable bonds is 4. The zero-order valence-corrected chi connectivity index (χ0v) is 9.04. The van der Waals surface area contributed by atoms with Gasteiger partial charge in [-0.25, -0.2) is 5.10 Å². The van der Waals surface area contributed by atoms with Crippen LogP contribution in [-0.4, -0.2) is 28.0 Å². The van der Waals surface area contributed by atoms with Crippen LogP contribution >= 0.6 is 11.6 Å². The van der Waals surface area contributed by atoms with Gasteiger partial charge in [-0.15, -0.1) is 11.6 Å². The van der Waals surface area contributed by atoms with Gasteiger partial charge in [-0.05, 0) is 12.5 Å². The number of aromatic nitrogens is 2. The summed E-state index contributed by atoms with van der Waals surface area (Å²) >= 11 is 5.63. The van der Waals surface area contributed by atoms with E-state index in [0.717, 1.165) is 6.42 Å². The summed E-state index contributed by atoms with van der Waals surface area (Å²) in [5, 5.41) is 8.49. The monoisotopic (exact) mass is 229 g/mol. The topological polar surface area (TPSA) is 74.8 Å². The van der Waals surface area contributed by atoms with E-state index >= 15 is 0 Å². The van der Waals surface area contributed by atoms with Crippen molar-refractivity contribution in [1.82, 2.24) is 15.5 Å². The molecule has 82 valence electrons. The smallest absolute Gasteiger partial charge is 0.271 e. The predicted molar refractivity (Wildman–Crippen MR) is 57.1 cm³/mol. The van der Waals surface area contributed by atoms with Gasteiger partial charge in [0.15, 0.2) is 0 Å². The first-order valence-electron chi connectivity index (χ1n) is 4.60. The largest absolute Gasteiger partial charge is 0.347 e. The third-order valence-electron chi connectivity index (χ3n) is 1.93. The molecule has 1 aromatic rings. The van der Waals surface area contributed by atoms with Gasteiger partial charge in [0.1, 0.15) is 5.69 Å². The number of carbonyl (C=O) groups is 1. The second-order valence-electron chi connectivity index (χ2n) is 3.04. The second-order valence-corrected chi connectivity index (χ2v) is 3.35. The van der Waals surface area contributed by atoms with Crippen LogP contribution in [0.2, 0.25) is 0 Å². The normalized spacial score (nSPS) is 12.1. The summed E-state index contributed by atoms with van der Waals surface area (Å²) in [6.45, 7) is 1.92. The number of hydrogen-bond donors (Lipinski definition) is 2. The van der Waals surface area contributed by atoms with Crippen molar-refractivity contribution in [3.63, 3.8) is 0 Å². The van der Waals surface area contributed by atoms with Crippen molar-refractivity contribution >= 4 is 17.5 Å². The molecule has 2 N–H and O–H groups in total. The van der Waals surface area contributed by atoms with Crippen molar-refractivity contribution in [1.29, 1.82) is 0 Å². The Kier molecular flexibility index (Phi) is 4.30. The first-order chi connectivity index (χ1) is 7.17. The van der Waals surface area contributed by atoms with Gasteiger partial charge in [0, 0.05) is 18.0 Å². The minimum absolute atomic E-state index is 0.0760.